The molecule has 0 radical (unpaired) electrons. The van der Waals surface area contributed by atoms with Crippen LogP contribution in [0.25, 0.3) is 0 Å². The molecule has 1 aliphatic heterocycles. The van der Waals surface area contributed by atoms with Crippen molar-refractivity contribution in [2.45, 2.75) is 37.3 Å². The number of aromatic nitrogens is 2. The van der Waals surface area contributed by atoms with Crippen LogP contribution in [0.15, 0.2) is 12.4 Å². The molecule has 0 amide bonds. The molecule has 0 saturated carbocycles. The highest BCUT2D eigenvalue weighted by atomic mass is 16.5. The minimum absolute atomic E-state index is 0.0881. The molecule has 0 aromatic carbocycles. The fourth-order valence-corrected chi connectivity index (χ4v) is 2.99. The Labute approximate surface area is 115 Å². The second kappa shape index (κ2) is 6.50. The molecule has 2 rings (SSSR count). The van der Waals surface area contributed by atoms with E-state index in [1.807, 2.05) is 32.1 Å². The predicted molar refractivity (Wildman–Crippen MR) is 74.2 cm³/mol. The van der Waals surface area contributed by atoms with E-state index in [4.69, 9.17) is 9.47 Å². The molecule has 1 aromatic rings. The average molecular weight is 267 g/mol. The summed E-state index contributed by atoms with van der Waals surface area (Å²) in [5.41, 5.74) is 1.19. The maximum atomic E-state index is 5.86. The number of aryl methyl sites for hydroxylation is 2. The van der Waals surface area contributed by atoms with Crippen molar-refractivity contribution in [2.24, 2.45) is 7.05 Å². The maximum Gasteiger partial charge on any atom is 0.0874 e. The third kappa shape index (κ3) is 3.35. The van der Waals surface area contributed by atoms with Crippen LogP contribution in [0.4, 0.5) is 0 Å². The zero-order chi connectivity index (χ0) is 13.7. The Balaban J connectivity index is 1.97. The first kappa shape index (κ1) is 14.5. The van der Waals surface area contributed by atoms with E-state index < -0.39 is 0 Å². The number of nitrogens with zero attached hydrogens (tertiary/aromatic N) is 2. The van der Waals surface area contributed by atoms with Crippen molar-refractivity contribution in [1.29, 1.82) is 0 Å². The lowest BCUT2D eigenvalue weighted by Crippen LogP contribution is -2.54. The van der Waals surface area contributed by atoms with Gasteiger partial charge in [0, 0.05) is 52.5 Å². The number of methoxy groups -OCH3 is 1. The van der Waals surface area contributed by atoms with Gasteiger partial charge in [-0.1, -0.05) is 0 Å². The van der Waals surface area contributed by atoms with Crippen molar-refractivity contribution >= 4 is 0 Å². The van der Waals surface area contributed by atoms with Crippen LogP contribution >= 0.6 is 0 Å². The lowest BCUT2D eigenvalue weighted by atomic mass is 9.83. The largest absolute Gasteiger partial charge is 0.381 e. The van der Waals surface area contributed by atoms with Crippen LogP contribution in [0, 0.1) is 0 Å². The van der Waals surface area contributed by atoms with Crippen LogP contribution in [0.2, 0.25) is 0 Å². The van der Waals surface area contributed by atoms with Crippen molar-refractivity contribution < 1.29 is 9.47 Å². The summed E-state index contributed by atoms with van der Waals surface area (Å²) in [6.07, 6.45) is 8.01. The lowest BCUT2D eigenvalue weighted by molar-refractivity contribution is -0.110. The maximum absolute atomic E-state index is 5.86. The van der Waals surface area contributed by atoms with Crippen LogP contribution in [0.1, 0.15) is 24.8 Å². The standard InChI is InChI=1S/C14H25N3O2/c1-15-13(5-4-12-10-16-17(2)11-12)14(18-3)6-8-19-9-7-14/h10-11,13,15H,4-9H2,1-3H3. The Morgan fingerprint density at radius 1 is 1.53 bits per heavy atom. The Hall–Kier alpha value is -0.910. The summed E-state index contributed by atoms with van der Waals surface area (Å²) in [6, 6.07) is 0.349. The van der Waals surface area contributed by atoms with E-state index in [2.05, 4.69) is 16.6 Å². The van der Waals surface area contributed by atoms with Gasteiger partial charge < -0.3 is 14.8 Å². The van der Waals surface area contributed by atoms with E-state index in [1.54, 1.807) is 0 Å². The van der Waals surface area contributed by atoms with Gasteiger partial charge in [-0.25, -0.2) is 0 Å². The van der Waals surface area contributed by atoms with Gasteiger partial charge in [0.1, 0.15) is 0 Å². The van der Waals surface area contributed by atoms with Gasteiger partial charge in [-0.3, -0.25) is 4.68 Å². The second-order valence-electron chi connectivity index (χ2n) is 5.28. The molecule has 1 aromatic heterocycles. The van der Waals surface area contributed by atoms with Crippen molar-refractivity contribution in [3.8, 4) is 0 Å². The molecule has 1 fully saturated rings. The highest BCUT2D eigenvalue weighted by Gasteiger charge is 2.39. The number of hydrogen-bond donors (Lipinski definition) is 1. The first-order valence-electron chi connectivity index (χ1n) is 6.98. The molecule has 0 bridgehead atoms. The minimum atomic E-state index is -0.0881. The van der Waals surface area contributed by atoms with Crippen molar-refractivity contribution in [3.05, 3.63) is 18.0 Å². The molecule has 1 saturated heterocycles. The fourth-order valence-electron chi connectivity index (χ4n) is 2.99. The van der Waals surface area contributed by atoms with E-state index in [0.29, 0.717) is 6.04 Å². The van der Waals surface area contributed by atoms with Gasteiger partial charge >= 0.3 is 0 Å². The predicted octanol–water partition coefficient (Wildman–Crippen LogP) is 1.14. The van der Waals surface area contributed by atoms with E-state index >= 15 is 0 Å². The highest BCUT2D eigenvalue weighted by Crippen LogP contribution is 2.30. The number of ether oxygens (including phenoxy) is 2. The molecule has 108 valence electrons. The monoisotopic (exact) mass is 267 g/mol. The van der Waals surface area contributed by atoms with Crippen molar-refractivity contribution in [2.75, 3.05) is 27.4 Å². The zero-order valence-electron chi connectivity index (χ0n) is 12.2. The van der Waals surface area contributed by atoms with Crippen LogP contribution in [-0.4, -0.2) is 48.8 Å². The number of rotatable bonds is 6. The summed E-state index contributed by atoms with van der Waals surface area (Å²) in [4.78, 5) is 0. The van der Waals surface area contributed by atoms with Crippen molar-refractivity contribution in [1.82, 2.24) is 15.1 Å². The van der Waals surface area contributed by atoms with Gasteiger partial charge in [-0.15, -0.1) is 0 Å². The summed E-state index contributed by atoms with van der Waals surface area (Å²) in [7, 11) is 5.79. The molecule has 19 heavy (non-hydrogen) atoms. The van der Waals surface area contributed by atoms with Gasteiger partial charge in [-0.05, 0) is 25.5 Å². The molecule has 1 unspecified atom stereocenters. The molecular weight excluding hydrogens is 242 g/mol. The molecule has 0 aliphatic carbocycles. The van der Waals surface area contributed by atoms with E-state index in [-0.39, 0.29) is 5.60 Å². The van der Waals surface area contributed by atoms with Crippen LogP contribution in [0.5, 0.6) is 0 Å². The fraction of sp³-hybridized carbons (Fsp3) is 0.786. The Bertz CT molecular complexity index is 386. The van der Waals surface area contributed by atoms with Gasteiger partial charge in [-0.2, -0.15) is 5.10 Å². The third-order valence-corrected chi connectivity index (χ3v) is 4.21. The molecule has 1 aliphatic rings. The van der Waals surface area contributed by atoms with E-state index in [9.17, 15) is 0 Å². The first-order chi connectivity index (χ1) is 9.20. The Morgan fingerprint density at radius 3 is 2.79 bits per heavy atom. The van der Waals surface area contributed by atoms with Gasteiger partial charge in [0.25, 0.3) is 0 Å². The van der Waals surface area contributed by atoms with Gasteiger partial charge in [0.15, 0.2) is 0 Å². The second-order valence-corrected chi connectivity index (χ2v) is 5.28. The zero-order valence-corrected chi connectivity index (χ0v) is 12.2. The van der Waals surface area contributed by atoms with E-state index in [0.717, 1.165) is 38.9 Å². The summed E-state index contributed by atoms with van der Waals surface area (Å²) in [5.74, 6) is 0. The Morgan fingerprint density at radius 2 is 2.26 bits per heavy atom. The highest BCUT2D eigenvalue weighted by molar-refractivity contribution is 5.05. The molecule has 2 heterocycles. The van der Waals surface area contributed by atoms with Gasteiger partial charge in [0.2, 0.25) is 0 Å². The quantitative estimate of drug-likeness (QED) is 0.839. The number of nitrogens with one attached hydrogen (secondary N) is 1. The topological polar surface area (TPSA) is 48.3 Å². The summed E-state index contributed by atoms with van der Waals surface area (Å²) in [6.45, 7) is 1.58. The molecule has 1 atom stereocenters. The summed E-state index contributed by atoms with van der Waals surface area (Å²) < 4.78 is 13.2. The molecule has 1 N–H and O–H groups in total. The summed E-state index contributed by atoms with van der Waals surface area (Å²) >= 11 is 0. The van der Waals surface area contributed by atoms with Crippen molar-refractivity contribution in [3.63, 3.8) is 0 Å². The number of hydrogen-bond acceptors (Lipinski definition) is 4. The average Bonchev–Trinajstić information content (AvgIpc) is 2.86. The third-order valence-electron chi connectivity index (χ3n) is 4.21. The SMILES string of the molecule is CNC(CCc1cnn(C)c1)C1(OC)CCOCC1. The molecule has 0 spiro atoms. The molecule has 5 nitrogen and oxygen atoms in total. The smallest absolute Gasteiger partial charge is 0.0874 e. The number of likely N-dealkylation sites (N-methyl/N-ethyl adjacent to an activating group) is 1. The van der Waals surface area contributed by atoms with Crippen LogP contribution in [-0.2, 0) is 22.9 Å². The van der Waals surface area contributed by atoms with Gasteiger partial charge in [0.05, 0.1) is 11.8 Å². The Kier molecular flexibility index (Phi) is 4.96. The van der Waals surface area contributed by atoms with Crippen LogP contribution < -0.4 is 5.32 Å². The molecular formula is C14H25N3O2. The molecule has 5 heteroatoms. The normalized spacial score (nSPS) is 20.4. The first-order valence-corrected chi connectivity index (χ1v) is 6.98. The van der Waals surface area contributed by atoms with E-state index in [1.165, 1.54) is 5.56 Å². The van der Waals surface area contributed by atoms with Crippen LogP contribution in [0.3, 0.4) is 0 Å². The lowest BCUT2D eigenvalue weighted by Gasteiger charge is -2.42. The summed E-state index contributed by atoms with van der Waals surface area (Å²) in [5, 5.41) is 7.65. The minimum Gasteiger partial charge on any atom is -0.381 e.